The van der Waals surface area contributed by atoms with Crippen LogP contribution in [0.4, 0.5) is 10.1 Å². The summed E-state index contributed by atoms with van der Waals surface area (Å²) >= 11 is 0. The molecule has 28 heavy (non-hydrogen) atoms. The smallest absolute Gasteiger partial charge is 0.220 e. The topological polar surface area (TPSA) is 44.8 Å². The minimum Gasteiger partial charge on any atom is -0.497 e. The van der Waals surface area contributed by atoms with E-state index in [1.54, 1.807) is 7.11 Å². The number of nitrogens with zero attached hydrogens (tertiary/aromatic N) is 2. The van der Waals surface area contributed by atoms with Gasteiger partial charge in [0.05, 0.1) is 7.11 Å². The summed E-state index contributed by atoms with van der Waals surface area (Å²) in [5.41, 5.74) is 2.20. The third kappa shape index (κ3) is 5.96. The van der Waals surface area contributed by atoms with Gasteiger partial charge in [-0.1, -0.05) is 12.1 Å². The van der Waals surface area contributed by atoms with E-state index in [0.717, 1.165) is 56.1 Å². The Morgan fingerprint density at radius 2 is 1.71 bits per heavy atom. The molecule has 1 aliphatic rings. The predicted octanol–water partition coefficient (Wildman–Crippen LogP) is 2.71. The molecule has 3 rings (SSSR count). The number of carbonyl (C=O) groups is 1. The average molecular weight is 385 g/mol. The molecule has 0 aliphatic carbocycles. The van der Waals surface area contributed by atoms with E-state index in [1.165, 1.54) is 12.1 Å². The van der Waals surface area contributed by atoms with Gasteiger partial charge in [-0.3, -0.25) is 9.69 Å². The zero-order chi connectivity index (χ0) is 19.8. The molecule has 0 radical (unpaired) electrons. The number of anilines is 1. The third-order valence-electron chi connectivity index (χ3n) is 5.11. The number of amides is 1. The Hall–Kier alpha value is -2.60. The molecule has 2 aromatic rings. The van der Waals surface area contributed by atoms with Gasteiger partial charge in [0.15, 0.2) is 0 Å². The van der Waals surface area contributed by atoms with Crippen LogP contribution in [0.2, 0.25) is 0 Å². The van der Waals surface area contributed by atoms with Crippen LogP contribution in [0.25, 0.3) is 0 Å². The molecule has 150 valence electrons. The van der Waals surface area contributed by atoms with Gasteiger partial charge in [0.25, 0.3) is 0 Å². The molecule has 0 saturated carbocycles. The van der Waals surface area contributed by atoms with Crippen LogP contribution in [-0.2, 0) is 11.2 Å². The number of carbonyl (C=O) groups excluding carboxylic acids is 1. The molecule has 1 fully saturated rings. The van der Waals surface area contributed by atoms with E-state index in [4.69, 9.17) is 4.74 Å². The van der Waals surface area contributed by atoms with Crippen molar-refractivity contribution >= 4 is 11.6 Å². The molecule has 1 aliphatic heterocycles. The van der Waals surface area contributed by atoms with E-state index in [9.17, 15) is 9.18 Å². The Morgan fingerprint density at radius 3 is 2.36 bits per heavy atom. The van der Waals surface area contributed by atoms with Crippen molar-refractivity contribution in [1.29, 1.82) is 0 Å². The molecule has 0 aromatic heterocycles. The molecule has 1 amide bonds. The summed E-state index contributed by atoms with van der Waals surface area (Å²) in [6.07, 6.45) is 1.22. The Kier molecular flexibility index (Phi) is 7.25. The first-order chi connectivity index (χ1) is 13.6. The first kappa shape index (κ1) is 20.1. The van der Waals surface area contributed by atoms with Gasteiger partial charge in [0.2, 0.25) is 5.91 Å². The molecule has 2 aromatic carbocycles. The molecule has 0 spiro atoms. The highest BCUT2D eigenvalue weighted by atomic mass is 19.1. The lowest BCUT2D eigenvalue weighted by Gasteiger charge is -2.36. The first-order valence-electron chi connectivity index (χ1n) is 9.76. The number of benzene rings is 2. The van der Waals surface area contributed by atoms with E-state index in [1.807, 2.05) is 36.4 Å². The van der Waals surface area contributed by atoms with Crippen LogP contribution in [0.15, 0.2) is 48.5 Å². The van der Waals surface area contributed by atoms with Crippen molar-refractivity contribution in [3.63, 3.8) is 0 Å². The standard InChI is InChI=1S/C22H28FN3O2/c1-28-21-9-2-18(3-10-21)4-11-22(27)24-12-13-25-14-16-26(17-15-25)20-7-5-19(23)6-8-20/h2-3,5-10H,4,11-17H2,1H3,(H,24,27). The Labute approximate surface area is 166 Å². The summed E-state index contributed by atoms with van der Waals surface area (Å²) in [6, 6.07) is 14.5. The van der Waals surface area contributed by atoms with Crippen molar-refractivity contribution < 1.29 is 13.9 Å². The molecule has 1 N–H and O–H groups in total. The summed E-state index contributed by atoms with van der Waals surface area (Å²) in [4.78, 5) is 16.7. The Morgan fingerprint density at radius 1 is 1.04 bits per heavy atom. The van der Waals surface area contributed by atoms with Crippen molar-refractivity contribution in [3.8, 4) is 5.75 Å². The zero-order valence-electron chi connectivity index (χ0n) is 16.4. The second kappa shape index (κ2) is 10.1. The van der Waals surface area contributed by atoms with E-state index in [2.05, 4.69) is 15.1 Å². The summed E-state index contributed by atoms with van der Waals surface area (Å²) in [5.74, 6) is 0.707. The van der Waals surface area contributed by atoms with Crippen molar-refractivity contribution in [2.24, 2.45) is 0 Å². The van der Waals surface area contributed by atoms with Gasteiger partial charge in [0, 0.05) is 51.4 Å². The van der Waals surface area contributed by atoms with E-state index in [0.29, 0.717) is 13.0 Å². The SMILES string of the molecule is COc1ccc(CCC(=O)NCCN2CCN(c3ccc(F)cc3)CC2)cc1. The molecule has 6 heteroatoms. The van der Waals surface area contributed by atoms with Gasteiger partial charge in [-0.2, -0.15) is 0 Å². The summed E-state index contributed by atoms with van der Waals surface area (Å²) < 4.78 is 18.2. The fraction of sp³-hybridized carbons (Fsp3) is 0.409. The van der Waals surface area contributed by atoms with Crippen LogP contribution in [0.5, 0.6) is 5.75 Å². The normalized spacial score (nSPS) is 14.7. The minimum atomic E-state index is -0.204. The molecular weight excluding hydrogens is 357 g/mol. The summed E-state index contributed by atoms with van der Waals surface area (Å²) in [6.45, 7) is 5.23. The maximum absolute atomic E-state index is 13.0. The van der Waals surface area contributed by atoms with E-state index < -0.39 is 0 Å². The highest BCUT2D eigenvalue weighted by Gasteiger charge is 2.17. The van der Waals surface area contributed by atoms with Crippen molar-refractivity contribution in [1.82, 2.24) is 10.2 Å². The summed E-state index contributed by atoms with van der Waals surface area (Å²) in [5, 5.41) is 3.01. The van der Waals surface area contributed by atoms with Crippen molar-refractivity contribution in [3.05, 3.63) is 59.9 Å². The van der Waals surface area contributed by atoms with Gasteiger partial charge in [0.1, 0.15) is 11.6 Å². The molecule has 0 atom stereocenters. The number of aryl methyl sites for hydroxylation is 1. The Bertz CT molecular complexity index is 741. The van der Waals surface area contributed by atoms with Crippen LogP contribution in [0.1, 0.15) is 12.0 Å². The number of halogens is 1. The summed E-state index contributed by atoms with van der Waals surface area (Å²) in [7, 11) is 1.64. The largest absolute Gasteiger partial charge is 0.497 e. The lowest BCUT2D eigenvalue weighted by Crippen LogP contribution is -2.48. The minimum absolute atomic E-state index is 0.0840. The predicted molar refractivity (Wildman–Crippen MR) is 109 cm³/mol. The second-order valence-electron chi connectivity index (χ2n) is 7.00. The van der Waals surface area contributed by atoms with Crippen molar-refractivity contribution in [2.75, 3.05) is 51.3 Å². The van der Waals surface area contributed by atoms with Gasteiger partial charge < -0.3 is 15.0 Å². The fourth-order valence-corrected chi connectivity index (χ4v) is 3.37. The molecule has 5 nitrogen and oxygen atoms in total. The number of methoxy groups -OCH3 is 1. The number of hydrogen-bond donors (Lipinski definition) is 1. The van der Waals surface area contributed by atoms with E-state index >= 15 is 0 Å². The van der Waals surface area contributed by atoms with Crippen LogP contribution < -0.4 is 15.0 Å². The van der Waals surface area contributed by atoms with Gasteiger partial charge in [-0.05, 0) is 48.4 Å². The Balaban J connectivity index is 1.30. The second-order valence-corrected chi connectivity index (χ2v) is 7.00. The third-order valence-corrected chi connectivity index (χ3v) is 5.11. The molecular formula is C22H28FN3O2. The number of ether oxygens (including phenoxy) is 1. The molecule has 0 unspecified atom stereocenters. The van der Waals surface area contributed by atoms with Crippen molar-refractivity contribution in [2.45, 2.75) is 12.8 Å². The number of hydrogen-bond acceptors (Lipinski definition) is 4. The maximum Gasteiger partial charge on any atom is 0.220 e. The van der Waals surface area contributed by atoms with E-state index in [-0.39, 0.29) is 11.7 Å². The number of nitrogens with one attached hydrogen (secondary N) is 1. The highest BCUT2D eigenvalue weighted by Crippen LogP contribution is 2.16. The number of rotatable bonds is 8. The highest BCUT2D eigenvalue weighted by molar-refractivity contribution is 5.76. The zero-order valence-corrected chi connectivity index (χ0v) is 16.4. The molecule has 1 saturated heterocycles. The van der Waals surface area contributed by atoms with Crippen LogP contribution in [0, 0.1) is 5.82 Å². The quantitative estimate of drug-likeness (QED) is 0.759. The van der Waals surface area contributed by atoms with Gasteiger partial charge >= 0.3 is 0 Å². The van der Waals surface area contributed by atoms with Gasteiger partial charge in [-0.15, -0.1) is 0 Å². The van der Waals surface area contributed by atoms with Gasteiger partial charge in [-0.25, -0.2) is 4.39 Å². The average Bonchev–Trinajstić information content (AvgIpc) is 2.74. The maximum atomic E-state index is 13.0. The van der Waals surface area contributed by atoms with Crippen LogP contribution >= 0.6 is 0 Å². The van der Waals surface area contributed by atoms with Crippen LogP contribution in [-0.4, -0.2) is 57.2 Å². The lowest BCUT2D eigenvalue weighted by atomic mass is 10.1. The molecule has 1 heterocycles. The van der Waals surface area contributed by atoms with Crippen LogP contribution in [0.3, 0.4) is 0 Å². The number of piperazine rings is 1. The lowest BCUT2D eigenvalue weighted by molar-refractivity contribution is -0.121. The molecule has 0 bridgehead atoms. The monoisotopic (exact) mass is 385 g/mol. The fourth-order valence-electron chi connectivity index (χ4n) is 3.37. The first-order valence-corrected chi connectivity index (χ1v) is 9.76.